The number of hydrogen-bond acceptors (Lipinski definition) is 0. The summed E-state index contributed by atoms with van der Waals surface area (Å²) in [6.45, 7) is 2.26. The van der Waals surface area contributed by atoms with E-state index in [-0.39, 0.29) is 17.4 Å². The van der Waals surface area contributed by atoms with E-state index in [1.165, 1.54) is 0 Å². The summed E-state index contributed by atoms with van der Waals surface area (Å²) in [5.41, 5.74) is 0. The van der Waals surface area contributed by atoms with Crippen LogP contribution in [0.25, 0.3) is 0 Å². The monoisotopic (exact) mass is 88.0 g/mol. The van der Waals surface area contributed by atoms with Crippen molar-refractivity contribution in [2.75, 3.05) is 0 Å². The summed E-state index contributed by atoms with van der Waals surface area (Å²) in [4.78, 5) is 0. The first kappa shape index (κ1) is 8.84. The summed E-state index contributed by atoms with van der Waals surface area (Å²) in [7, 11) is 2.68. The molecular formula is CH10AlBSi. The third-order valence-electron chi connectivity index (χ3n) is 0. The Labute approximate surface area is 41.3 Å². The van der Waals surface area contributed by atoms with Crippen molar-refractivity contribution in [2.24, 2.45) is 0 Å². The molecule has 0 unspecified atom stereocenters. The summed E-state index contributed by atoms with van der Waals surface area (Å²) < 4.78 is 0. The van der Waals surface area contributed by atoms with E-state index in [0.717, 1.165) is 0 Å². The first-order chi connectivity index (χ1) is 1.41. The fourth-order valence-electron chi connectivity index (χ4n) is 0. The zero-order chi connectivity index (χ0) is 2.71. The second-order valence-electron chi connectivity index (χ2n) is 0.707. The molecular weight excluding hydrogens is 77.9 g/mol. The highest BCUT2D eigenvalue weighted by atomic mass is 28.2. The van der Waals surface area contributed by atoms with Crippen molar-refractivity contribution in [3.8, 4) is 0 Å². The van der Waals surface area contributed by atoms with Crippen LogP contribution in [0.1, 0.15) is 0 Å². The minimum atomic E-state index is 0. The molecule has 0 aromatic heterocycles. The maximum atomic E-state index is 2.26. The van der Waals surface area contributed by atoms with Crippen molar-refractivity contribution in [1.29, 1.82) is 0 Å². The molecule has 3 heteroatoms. The molecule has 0 heterocycles. The smallest absolute Gasteiger partial charge is 0.0808 e. The van der Waals surface area contributed by atoms with E-state index in [0.29, 0.717) is 9.39 Å². The quantitative estimate of drug-likeness (QED) is 0.289. The zero-order valence-electron chi connectivity index (χ0n) is 2.71. The lowest BCUT2D eigenvalue weighted by Gasteiger charge is -1.42. The van der Waals surface area contributed by atoms with Gasteiger partial charge in [0.1, 0.15) is 0 Å². The van der Waals surface area contributed by atoms with E-state index in [1.807, 2.05) is 0 Å². The van der Waals surface area contributed by atoms with E-state index in [9.17, 15) is 0 Å². The molecule has 4 heavy (non-hydrogen) atoms. The summed E-state index contributed by atoms with van der Waals surface area (Å²) >= 11 is 0. The third-order valence-corrected chi connectivity index (χ3v) is 0. The Hall–Kier alpha value is 0.814. The molecule has 0 aromatic carbocycles. The van der Waals surface area contributed by atoms with Gasteiger partial charge in [0, 0.05) is 0 Å². The largest absolute Gasteiger partial charge is 0.187 e. The van der Waals surface area contributed by atoms with E-state index in [2.05, 4.69) is 14.0 Å². The Kier molecular flexibility index (Phi) is 20.3. The van der Waals surface area contributed by atoms with Crippen LogP contribution < -0.4 is 0 Å². The van der Waals surface area contributed by atoms with E-state index < -0.39 is 0 Å². The molecule has 0 aliphatic heterocycles. The molecule has 0 spiro atoms. The van der Waals surface area contributed by atoms with Crippen LogP contribution in [0.2, 0.25) is 6.55 Å². The van der Waals surface area contributed by atoms with E-state index in [1.54, 1.807) is 0 Å². The summed E-state index contributed by atoms with van der Waals surface area (Å²) in [5.74, 6) is 0. The summed E-state index contributed by atoms with van der Waals surface area (Å²) in [6.07, 6.45) is 0. The minimum Gasteiger partial charge on any atom is -0.0808 e. The van der Waals surface area contributed by atoms with Crippen LogP contribution in [0, 0.1) is 0 Å². The van der Waals surface area contributed by atoms with Gasteiger partial charge in [-0.25, -0.2) is 0 Å². The van der Waals surface area contributed by atoms with Crippen LogP contribution in [-0.4, -0.2) is 34.2 Å². The molecule has 0 atom stereocenters. The van der Waals surface area contributed by atoms with Gasteiger partial charge < -0.3 is 0 Å². The van der Waals surface area contributed by atoms with Crippen molar-refractivity contribution in [3.63, 3.8) is 0 Å². The molecule has 0 rings (SSSR count). The average Bonchev–Trinajstić information content (AvgIpc) is 0.918. The molecule has 0 aliphatic carbocycles. The number of rotatable bonds is 0. The molecule has 0 N–H and O–H groups in total. The highest BCUT2D eigenvalue weighted by Gasteiger charge is 1.41. The van der Waals surface area contributed by atoms with Crippen LogP contribution in [0.4, 0.5) is 0 Å². The first-order valence-corrected chi connectivity index (χ1v) is 4.24. The van der Waals surface area contributed by atoms with Crippen molar-refractivity contribution >= 4 is 34.2 Å². The van der Waals surface area contributed by atoms with Gasteiger partial charge in [0.2, 0.25) is 0 Å². The highest BCUT2D eigenvalue weighted by Crippen LogP contribution is 1.23. The molecule has 0 amide bonds. The maximum Gasteiger partial charge on any atom is 0.187 e. The molecule has 24 valence electrons. The standard InChI is InChI=1S/CH7BSi.Al.3H/c1-3-2;;;;/h2-3H2,1H3;;;;. The van der Waals surface area contributed by atoms with Crippen LogP contribution >= 0.6 is 0 Å². The van der Waals surface area contributed by atoms with Crippen molar-refractivity contribution < 1.29 is 0 Å². The molecule has 0 radical (unpaired) electrons. The SMILES string of the molecule is B[SiH2]C.[AlH3]. The van der Waals surface area contributed by atoms with Gasteiger partial charge in [-0.05, 0) is 9.39 Å². The van der Waals surface area contributed by atoms with Gasteiger partial charge in [0.25, 0.3) is 0 Å². The topological polar surface area (TPSA) is 0 Å². The van der Waals surface area contributed by atoms with E-state index in [4.69, 9.17) is 0 Å². The second kappa shape index (κ2) is 9.18. The van der Waals surface area contributed by atoms with Gasteiger partial charge >= 0.3 is 0 Å². The Balaban J connectivity index is 0. The van der Waals surface area contributed by atoms with Crippen molar-refractivity contribution in [1.82, 2.24) is 0 Å². The van der Waals surface area contributed by atoms with Crippen molar-refractivity contribution in [3.05, 3.63) is 0 Å². The molecule has 0 bridgehead atoms. The van der Waals surface area contributed by atoms with Gasteiger partial charge in [-0.3, -0.25) is 0 Å². The maximum absolute atomic E-state index is 2.26. The van der Waals surface area contributed by atoms with Gasteiger partial charge in [-0.1, -0.05) is 6.55 Å². The fourth-order valence-corrected chi connectivity index (χ4v) is 0. The molecule has 0 nitrogen and oxygen atoms in total. The molecule has 0 saturated heterocycles. The van der Waals surface area contributed by atoms with Crippen molar-refractivity contribution in [2.45, 2.75) is 6.55 Å². The number of hydrogen-bond donors (Lipinski definition) is 0. The van der Waals surface area contributed by atoms with Crippen LogP contribution in [0.5, 0.6) is 0 Å². The summed E-state index contributed by atoms with van der Waals surface area (Å²) in [6, 6.07) is 0. The average molecular weight is 88.0 g/mol. The van der Waals surface area contributed by atoms with Crippen LogP contribution in [-0.2, 0) is 0 Å². The van der Waals surface area contributed by atoms with Gasteiger partial charge in [-0.2, -0.15) is 0 Å². The zero-order valence-corrected chi connectivity index (χ0v) is 4.12. The minimum absolute atomic E-state index is 0. The van der Waals surface area contributed by atoms with E-state index >= 15 is 0 Å². The van der Waals surface area contributed by atoms with Crippen LogP contribution in [0.15, 0.2) is 0 Å². The lowest BCUT2D eigenvalue weighted by Crippen LogP contribution is -1.68. The first-order valence-electron chi connectivity index (χ1n) is 1.41. The Morgan fingerprint density at radius 2 is 1.75 bits per heavy atom. The van der Waals surface area contributed by atoms with Crippen LogP contribution in [0.3, 0.4) is 0 Å². The Morgan fingerprint density at radius 1 is 1.75 bits per heavy atom. The molecule has 0 saturated carbocycles. The Bertz CT molecular complexity index is 8.00. The van der Waals surface area contributed by atoms with Gasteiger partial charge in [-0.15, -0.1) is 0 Å². The highest BCUT2D eigenvalue weighted by molar-refractivity contribution is 6.88. The Morgan fingerprint density at radius 3 is 1.75 bits per heavy atom. The normalized spacial score (nSPS) is 7.25. The summed E-state index contributed by atoms with van der Waals surface area (Å²) in [5, 5.41) is 0. The molecule has 0 aromatic rings. The molecule has 0 aliphatic rings. The molecule has 0 fully saturated rings. The second-order valence-corrected chi connectivity index (χ2v) is 2.12. The predicted octanol–water partition coefficient (Wildman–Crippen LogP) is -2.43. The van der Waals surface area contributed by atoms with Gasteiger partial charge in [0.15, 0.2) is 17.4 Å². The third kappa shape index (κ3) is 14.0. The lowest BCUT2D eigenvalue weighted by molar-refractivity contribution is 2.37. The van der Waals surface area contributed by atoms with Gasteiger partial charge in [0.05, 0.1) is 7.44 Å². The lowest BCUT2D eigenvalue weighted by atomic mass is 10.8. The predicted molar refractivity (Wildman–Crippen MR) is 32.9 cm³/mol. The fraction of sp³-hybridized carbons (Fsp3) is 1.00.